The lowest BCUT2D eigenvalue weighted by molar-refractivity contribution is 0.691. The minimum Gasteiger partial charge on any atom is -0.261 e. The van der Waals surface area contributed by atoms with Gasteiger partial charge in [0.1, 0.15) is 0 Å². The molecule has 1 nitrogen and oxygen atoms in total. The van der Waals surface area contributed by atoms with Gasteiger partial charge in [-0.05, 0) is 49.8 Å². The summed E-state index contributed by atoms with van der Waals surface area (Å²) < 4.78 is 0. The van der Waals surface area contributed by atoms with Crippen LogP contribution < -0.4 is 0 Å². The molecule has 1 atom stereocenters. The molecule has 0 radical (unpaired) electrons. The van der Waals surface area contributed by atoms with E-state index in [1.807, 2.05) is 6.08 Å². The van der Waals surface area contributed by atoms with E-state index in [0.717, 1.165) is 18.5 Å². The van der Waals surface area contributed by atoms with Crippen LogP contribution in [-0.4, -0.2) is 6.21 Å². The van der Waals surface area contributed by atoms with Crippen LogP contribution in [0.15, 0.2) is 35.8 Å². The molecule has 0 aliphatic heterocycles. The van der Waals surface area contributed by atoms with Crippen molar-refractivity contribution in [1.29, 1.82) is 0 Å². The molecule has 16 heavy (non-hydrogen) atoms. The molecule has 0 aliphatic carbocycles. The van der Waals surface area contributed by atoms with Gasteiger partial charge in [0.25, 0.3) is 0 Å². The van der Waals surface area contributed by atoms with Gasteiger partial charge < -0.3 is 0 Å². The summed E-state index contributed by atoms with van der Waals surface area (Å²) in [6, 6.07) is 6.25. The van der Waals surface area contributed by atoms with Crippen LogP contribution >= 0.6 is 0 Å². The molecule has 0 saturated heterocycles. The van der Waals surface area contributed by atoms with Crippen LogP contribution in [0.3, 0.4) is 0 Å². The molecule has 0 saturated carbocycles. The van der Waals surface area contributed by atoms with Crippen molar-refractivity contribution in [2.75, 3.05) is 0 Å². The Bertz CT molecular complexity index is 377. The van der Waals surface area contributed by atoms with Gasteiger partial charge in [-0.3, -0.25) is 4.99 Å². The van der Waals surface area contributed by atoms with Crippen LogP contribution in [0, 0.1) is 19.8 Å². The van der Waals surface area contributed by atoms with E-state index in [1.165, 1.54) is 11.1 Å². The summed E-state index contributed by atoms with van der Waals surface area (Å²) in [5, 5.41) is 0. The molecule has 0 amide bonds. The zero-order valence-corrected chi connectivity index (χ0v) is 10.5. The fourth-order valence-electron chi connectivity index (χ4n) is 1.61. The van der Waals surface area contributed by atoms with Crippen molar-refractivity contribution in [2.24, 2.45) is 10.9 Å². The average Bonchev–Trinajstić information content (AvgIpc) is 2.29. The number of hydrogen-bond donors (Lipinski definition) is 0. The molecule has 1 aromatic rings. The highest BCUT2D eigenvalue weighted by atomic mass is 14.7. The van der Waals surface area contributed by atoms with Crippen LogP contribution in [0.1, 0.15) is 30.9 Å². The molecule has 0 N–H and O–H groups in total. The Kier molecular flexibility index (Phi) is 4.97. The molecular formula is C15H21N. The first-order valence-corrected chi connectivity index (χ1v) is 5.90. The van der Waals surface area contributed by atoms with Crippen molar-refractivity contribution in [3.8, 4) is 0 Å². The maximum atomic E-state index is 4.58. The van der Waals surface area contributed by atoms with Crippen LogP contribution in [0.4, 0.5) is 5.69 Å². The van der Waals surface area contributed by atoms with Crippen molar-refractivity contribution in [1.82, 2.24) is 0 Å². The highest BCUT2D eigenvalue weighted by Crippen LogP contribution is 2.21. The monoisotopic (exact) mass is 215 g/mol. The summed E-state index contributed by atoms with van der Waals surface area (Å²) >= 11 is 0. The van der Waals surface area contributed by atoms with Crippen LogP contribution in [0.25, 0.3) is 0 Å². The van der Waals surface area contributed by atoms with Gasteiger partial charge in [-0.25, -0.2) is 0 Å². The molecule has 0 fully saturated rings. The maximum Gasteiger partial charge on any atom is 0.0657 e. The third-order valence-electron chi connectivity index (χ3n) is 2.99. The predicted molar refractivity (Wildman–Crippen MR) is 72.7 cm³/mol. The first-order valence-electron chi connectivity index (χ1n) is 5.90. The van der Waals surface area contributed by atoms with Gasteiger partial charge in [-0.1, -0.05) is 25.1 Å². The molecule has 1 rings (SSSR count). The zero-order chi connectivity index (χ0) is 12.0. The number of hydrogen-bond acceptors (Lipinski definition) is 1. The van der Waals surface area contributed by atoms with Gasteiger partial charge in [0.15, 0.2) is 0 Å². The first-order chi connectivity index (χ1) is 7.69. The molecule has 0 aromatic heterocycles. The predicted octanol–water partition coefficient (Wildman–Crippen LogP) is 4.61. The number of benzene rings is 1. The van der Waals surface area contributed by atoms with Gasteiger partial charge >= 0.3 is 0 Å². The van der Waals surface area contributed by atoms with Crippen molar-refractivity contribution < 1.29 is 0 Å². The fraction of sp³-hybridized carbons (Fsp3) is 0.400. The summed E-state index contributed by atoms with van der Waals surface area (Å²) in [6.07, 6.45) is 6.14. The Labute approximate surface area is 98.9 Å². The third-order valence-corrected chi connectivity index (χ3v) is 2.99. The maximum absolute atomic E-state index is 4.58. The van der Waals surface area contributed by atoms with Crippen LogP contribution in [0.2, 0.25) is 0 Å². The van der Waals surface area contributed by atoms with E-state index in [0.29, 0.717) is 5.92 Å². The zero-order valence-electron chi connectivity index (χ0n) is 10.5. The second-order valence-electron chi connectivity index (χ2n) is 4.19. The first kappa shape index (κ1) is 12.7. The third kappa shape index (κ3) is 3.34. The second kappa shape index (κ2) is 6.26. The smallest absolute Gasteiger partial charge is 0.0657 e. The Morgan fingerprint density at radius 2 is 2.12 bits per heavy atom. The minimum absolute atomic E-state index is 0.511. The highest BCUT2D eigenvalue weighted by Gasteiger charge is 2.01. The van der Waals surface area contributed by atoms with E-state index >= 15 is 0 Å². The van der Waals surface area contributed by atoms with Crippen molar-refractivity contribution >= 4 is 11.9 Å². The number of aryl methyl sites for hydroxylation is 1. The number of aliphatic imine (C=N–C) groups is 1. The summed E-state index contributed by atoms with van der Waals surface area (Å²) in [4.78, 5) is 4.58. The highest BCUT2D eigenvalue weighted by molar-refractivity contribution is 5.67. The molecule has 1 aromatic carbocycles. The fourth-order valence-corrected chi connectivity index (χ4v) is 1.61. The summed E-state index contributed by atoms with van der Waals surface area (Å²) in [5.74, 6) is 0.511. The van der Waals surface area contributed by atoms with E-state index in [4.69, 9.17) is 0 Å². The van der Waals surface area contributed by atoms with Crippen LogP contribution in [0.5, 0.6) is 0 Å². The molecular weight excluding hydrogens is 194 g/mol. The van der Waals surface area contributed by atoms with Gasteiger partial charge in [-0.2, -0.15) is 0 Å². The van der Waals surface area contributed by atoms with Gasteiger partial charge in [-0.15, -0.1) is 6.58 Å². The lowest BCUT2D eigenvalue weighted by atomic mass is 10.0. The van der Waals surface area contributed by atoms with Crippen molar-refractivity contribution in [3.63, 3.8) is 0 Å². The lowest BCUT2D eigenvalue weighted by Crippen LogP contribution is -1.97. The summed E-state index contributed by atoms with van der Waals surface area (Å²) in [7, 11) is 0. The summed E-state index contributed by atoms with van der Waals surface area (Å²) in [5.41, 5.74) is 3.65. The van der Waals surface area contributed by atoms with Gasteiger partial charge in [0.05, 0.1) is 5.69 Å². The number of nitrogens with zero attached hydrogens (tertiary/aromatic N) is 1. The van der Waals surface area contributed by atoms with E-state index in [-0.39, 0.29) is 0 Å². The van der Waals surface area contributed by atoms with Gasteiger partial charge in [0.2, 0.25) is 0 Å². The quantitative estimate of drug-likeness (QED) is 0.502. The van der Waals surface area contributed by atoms with E-state index in [2.05, 4.69) is 56.8 Å². The minimum atomic E-state index is 0.511. The largest absolute Gasteiger partial charge is 0.261 e. The Hall–Kier alpha value is -1.37. The standard InChI is InChI=1S/C15H21N/c1-5-8-14(6-2)11-16-15-10-7-9-12(3)13(15)4/h5,7,9-11,14H,1,6,8H2,2-4H3. The molecule has 1 heteroatoms. The molecule has 0 bridgehead atoms. The van der Waals surface area contributed by atoms with Crippen LogP contribution in [-0.2, 0) is 0 Å². The van der Waals surface area contributed by atoms with Gasteiger partial charge in [0, 0.05) is 6.21 Å². The normalized spacial score (nSPS) is 12.9. The average molecular weight is 215 g/mol. The van der Waals surface area contributed by atoms with E-state index in [1.54, 1.807) is 0 Å². The number of rotatable bonds is 5. The van der Waals surface area contributed by atoms with Crippen molar-refractivity contribution in [2.45, 2.75) is 33.6 Å². The molecule has 86 valence electrons. The second-order valence-corrected chi connectivity index (χ2v) is 4.19. The van der Waals surface area contributed by atoms with E-state index in [9.17, 15) is 0 Å². The molecule has 0 aliphatic rings. The molecule has 1 unspecified atom stereocenters. The Morgan fingerprint density at radius 3 is 2.75 bits per heavy atom. The lowest BCUT2D eigenvalue weighted by Gasteiger charge is -2.07. The van der Waals surface area contributed by atoms with Crippen molar-refractivity contribution in [3.05, 3.63) is 42.0 Å². The molecule has 0 heterocycles. The topological polar surface area (TPSA) is 12.4 Å². The Morgan fingerprint density at radius 1 is 1.38 bits per heavy atom. The SMILES string of the molecule is C=CCC(C=Nc1cccc(C)c1C)CC. The molecule has 0 spiro atoms. The number of allylic oxidation sites excluding steroid dienone is 1. The summed E-state index contributed by atoms with van der Waals surface area (Å²) in [6.45, 7) is 10.2. The Balaban J connectivity index is 2.82. The van der Waals surface area contributed by atoms with E-state index < -0.39 is 0 Å².